The summed E-state index contributed by atoms with van der Waals surface area (Å²) in [4.78, 5) is 5.24. The van der Waals surface area contributed by atoms with E-state index in [9.17, 15) is 0 Å². The summed E-state index contributed by atoms with van der Waals surface area (Å²) in [5.74, 6) is 2.57. The van der Waals surface area contributed by atoms with E-state index in [-0.39, 0.29) is 6.10 Å². The van der Waals surface area contributed by atoms with Crippen molar-refractivity contribution in [2.24, 2.45) is 5.92 Å². The molecule has 3 aromatic carbocycles. The highest BCUT2D eigenvalue weighted by molar-refractivity contribution is 5.50. The molecule has 3 aromatic rings. The van der Waals surface area contributed by atoms with E-state index in [1.807, 2.05) is 6.07 Å². The lowest BCUT2D eigenvalue weighted by Crippen LogP contribution is -2.45. The highest BCUT2D eigenvalue weighted by Crippen LogP contribution is 2.28. The number of nitrogens with zero attached hydrogens (tertiary/aromatic N) is 2. The van der Waals surface area contributed by atoms with Crippen molar-refractivity contribution in [3.8, 4) is 11.5 Å². The molecule has 4 rings (SSSR count). The molecule has 0 spiro atoms. The molecular formula is C33H44N2O2. The van der Waals surface area contributed by atoms with Crippen molar-refractivity contribution in [2.45, 2.75) is 72.3 Å². The molecule has 0 atom stereocenters. The molecule has 4 heteroatoms. The molecular weight excluding hydrogens is 456 g/mol. The highest BCUT2D eigenvalue weighted by Gasteiger charge is 2.25. The third-order valence-electron chi connectivity index (χ3n) is 7.06. The van der Waals surface area contributed by atoms with Gasteiger partial charge in [-0.15, -0.1) is 0 Å². The third kappa shape index (κ3) is 8.53. The van der Waals surface area contributed by atoms with E-state index < -0.39 is 0 Å². The standard InChI is InChI=1S/C33H44N2O2/c1-26(2)18-23-35(30-12-16-32(17-13-30)36-25-29-8-6-5-7-9-29)31-19-21-34(22-20-31)24-28-10-14-33(15-11-28)37-27(3)4/h5-17,26-27,31H,18-25H2,1-4H3. The van der Waals surface area contributed by atoms with Gasteiger partial charge in [-0.25, -0.2) is 0 Å². The Balaban J connectivity index is 1.33. The first-order valence-electron chi connectivity index (χ1n) is 14.0. The van der Waals surface area contributed by atoms with Gasteiger partial charge in [-0.05, 0) is 86.6 Å². The van der Waals surface area contributed by atoms with Crippen LogP contribution in [-0.4, -0.2) is 36.7 Å². The minimum atomic E-state index is 0.210. The molecule has 1 heterocycles. The van der Waals surface area contributed by atoms with Gasteiger partial charge in [0.25, 0.3) is 0 Å². The Labute approximate surface area is 224 Å². The number of ether oxygens (including phenoxy) is 2. The number of piperidine rings is 1. The van der Waals surface area contributed by atoms with E-state index in [1.165, 1.54) is 36.1 Å². The minimum Gasteiger partial charge on any atom is -0.491 e. The summed E-state index contributed by atoms with van der Waals surface area (Å²) >= 11 is 0. The largest absolute Gasteiger partial charge is 0.491 e. The number of anilines is 1. The molecule has 1 saturated heterocycles. The second-order valence-electron chi connectivity index (χ2n) is 11.0. The Morgan fingerprint density at radius 3 is 2.05 bits per heavy atom. The van der Waals surface area contributed by atoms with Crippen LogP contribution in [0, 0.1) is 5.92 Å². The summed E-state index contributed by atoms with van der Waals surface area (Å²) < 4.78 is 11.8. The van der Waals surface area contributed by atoms with Gasteiger partial charge in [0, 0.05) is 37.9 Å². The normalized spacial score (nSPS) is 14.8. The van der Waals surface area contributed by atoms with Crippen LogP contribution < -0.4 is 14.4 Å². The van der Waals surface area contributed by atoms with Crippen molar-refractivity contribution in [1.29, 1.82) is 0 Å². The van der Waals surface area contributed by atoms with Crippen molar-refractivity contribution in [3.63, 3.8) is 0 Å². The molecule has 0 aromatic heterocycles. The molecule has 0 saturated carbocycles. The maximum absolute atomic E-state index is 6.03. The predicted molar refractivity (Wildman–Crippen MR) is 155 cm³/mol. The molecule has 0 N–H and O–H groups in total. The van der Waals surface area contributed by atoms with Crippen molar-refractivity contribution in [2.75, 3.05) is 24.5 Å². The lowest BCUT2D eigenvalue weighted by Gasteiger charge is -2.40. The van der Waals surface area contributed by atoms with Crippen molar-refractivity contribution in [3.05, 3.63) is 90.0 Å². The van der Waals surface area contributed by atoms with E-state index in [1.54, 1.807) is 0 Å². The molecule has 1 fully saturated rings. The fourth-order valence-electron chi connectivity index (χ4n) is 4.99. The van der Waals surface area contributed by atoms with Crippen LogP contribution in [0.15, 0.2) is 78.9 Å². The summed E-state index contributed by atoms with van der Waals surface area (Å²) in [5, 5.41) is 0. The molecule has 0 aliphatic carbocycles. The number of likely N-dealkylation sites (tertiary alicyclic amines) is 1. The summed E-state index contributed by atoms with van der Waals surface area (Å²) in [6.07, 6.45) is 3.80. The number of rotatable bonds is 12. The smallest absolute Gasteiger partial charge is 0.119 e. The summed E-state index contributed by atoms with van der Waals surface area (Å²) in [6, 6.07) is 28.3. The zero-order valence-corrected chi connectivity index (χ0v) is 23.1. The van der Waals surface area contributed by atoms with Crippen molar-refractivity contribution in [1.82, 2.24) is 4.90 Å². The Morgan fingerprint density at radius 2 is 1.43 bits per heavy atom. The van der Waals surface area contributed by atoms with Gasteiger partial charge in [0.05, 0.1) is 6.10 Å². The van der Waals surface area contributed by atoms with Gasteiger partial charge in [0.15, 0.2) is 0 Å². The van der Waals surface area contributed by atoms with E-state index >= 15 is 0 Å². The van der Waals surface area contributed by atoms with Crippen molar-refractivity contribution >= 4 is 5.69 Å². The molecule has 198 valence electrons. The Hall–Kier alpha value is -2.98. The van der Waals surface area contributed by atoms with Gasteiger partial charge in [-0.3, -0.25) is 4.90 Å². The first kappa shape index (κ1) is 27.1. The average molecular weight is 501 g/mol. The summed E-state index contributed by atoms with van der Waals surface area (Å²) in [7, 11) is 0. The number of hydrogen-bond acceptors (Lipinski definition) is 4. The quantitative estimate of drug-likeness (QED) is 0.256. The molecule has 0 bridgehead atoms. The van der Waals surface area contributed by atoms with Gasteiger partial charge in [-0.2, -0.15) is 0 Å². The van der Waals surface area contributed by atoms with Crippen LogP contribution >= 0.6 is 0 Å². The van der Waals surface area contributed by atoms with E-state index in [0.29, 0.717) is 18.6 Å². The molecule has 0 amide bonds. The van der Waals surface area contributed by atoms with Crippen LogP contribution in [0.4, 0.5) is 5.69 Å². The van der Waals surface area contributed by atoms with Gasteiger partial charge in [0.1, 0.15) is 18.1 Å². The zero-order chi connectivity index (χ0) is 26.0. The van der Waals surface area contributed by atoms with Crippen LogP contribution in [-0.2, 0) is 13.2 Å². The highest BCUT2D eigenvalue weighted by atomic mass is 16.5. The molecule has 1 aliphatic rings. The average Bonchev–Trinajstić information content (AvgIpc) is 2.90. The van der Waals surface area contributed by atoms with Gasteiger partial charge in [-0.1, -0.05) is 56.3 Å². The second kappa shape index (κ2) is 13.5. The Bertz CT molecular complexity index is 1040. The minimum absolute atomic E-state index is 0.210. The summed E-state index contributed by atoms with van der Waals surface area (Å²) in [5.41, 5.74) is 3.86. The Morgan fingerprint density at radius 1 is 0.784 bits per heavy atom. The lowest BCUT2D eigenvalue weighted by atomic mass is 10.00. The first-order chi connectivity index (χ1) is 18.0. The predicted octanol–water partition coefficient (Wildman–Crippen LogP) is 7.57. The molecule has 4 nitrogen and oxygen atoms in total. The zero-order valence-electron chi connectivity index (χ0n) is 23.1. The van der Waals surface area contributed by atoms with Crippen LogP contribution in [0.2, 0.25) is 0 Å². The van der Waals surface area contributed by atoms with E-state index in [2.05, 4.69) is 110 Å². The fourth-order valence-corrected chi connectivity index (χ4v) is 4.99. The van der Waals surface area contributed by atoms with Gasteiger partial charge in [0.2, 0.25) is 0 Å². The molecule has 0 radical (unpaired) electrons. The van der Waals surface area contributed by atoms with E-state index in [4.69, 9.17) is 9.47 Å². The molecule has 37 heavy (non-hydrogen) atoms. The number of benzene rings is 3. The third-order valence-corrected chi connectivity index (χ3v) is 7.06. The Kier molecular flexibility index (Phi) is 9.90. The van der Waals surface area contributed by atoms with Crippen LogP contribution in [0.1, 0.15) is 58.1 Å². The van der Waals surface area contributed by atoms with Crippen LogP contribution in [0.25, 0.3) is 0 Å². The lowest BCUT2D eigenvalue weighted by molar-refractivity contribution is 0.200. The maximum atomic E-state index is 6.03. The fraction of sp³-hybridized carbons (Fsp3) is 0.455. The van der Waals surface area contributed by atoms with Crippen molar-refractivity contribution < 1.29 is 9.47 Å². The van der Waals surface area contributed by atoms with Crippen LogP contribution in [0.3, 0.4) is 0 Å². The number of hydrogen-bond donors (Lipinski definition) is 0. The first-order valence-corrected chi connectivity index (χ1v) is 14.0. The maximum Gasteiger partial charge on any atom is 0.119 e. The molecule has 1 aliphatic heterocycles. The van der Waals surface area contributed by atoms with Crippen LogP contribution in [0.5, 0.6) is 11.5 Å². The summed E-state index contributed by atoms with van der Waals surface area (Å²) in [6.45, 7) is 13.7. The van der Waals surface area contributed by atoms with Gasteiger partial charge < -0.3 is 14.4 Å². The second-order valence-corrected chi connectivity index (χ2v) is 11.0. The SMILES string of the molecule is CC(C)CCN(c1ccc(OCc2ccccc2)cc1)C1CCN(Cc2ccc(OC(C)C)cc2)CC1. The van der Waals surface area contributed by atoms with Gasteiger partial charge >= 0.3 is 0 Å². The molecule has 0 unspecified atom stereocenters. The monoisotopic (exact) mass is 500 g/mol. The topological polar surface area (TPSA) is 24.9 Å². The van der Waals surface area contributed by atoms with E-state index in [0.717, 1.165) is 37.7 Å².